The molecule has 0 saturated carbocycles. The lowest BCUT2D eigenvalue weighted by Gasteiger charge is -2.09. The fourth-order valence-electron chi connectivity index (χ4n) is 2.48. The van der Waals surface area contributed by atoms with Gasteiger partial charge in [-0.2, -0.15) is 13.2 Å². The van der Waals surface area contributed by atoms with Crippen molar-refractivity contribution in [3.8, 4) is 22.8 Å². The molecule has 9 heteroatoms. The molecule has 1 N–H and O–H groups in total. The van der Waals surface area contributed by atoms with E-state index in [4.69, 9.17) is 14.0 Å². The molecule has 1 amide bonds. The summed E-state index contributed by atoms with van der Waals surface area (Å²) in [6.45, 7) is 0. The number of alkyl halides is 3. The molecule has 0 spiro atoms. The highest BCUT2D eigenvalue weighted by Crippen LogP contribution is 2.33. The van der Waals surface area contributed by atoms with Crippen LogP contribution in [0.2, 0.25) is 0 Å². The van der Waals surface area contributed by atoms with E-state index in [1.807, 2.05) is 0 Å². The molecule has 3 aromatic rings. The number of carbonyl (C=O) groups excluding carboxylic acids is 1. The van der Waals surface area contributed by atoms with Gasteiger partial charge in [-0.1, -0.05) is 11.2 Å². The van der Waals surface area contributed by atoms with Gasteiger partial charge in [-0.3, -0.25) is 4.79 Å². The van der Waals surface area contributed by atoms with Crippen molar-refractivity contribution < 1.29 is 32.0 Å². The smallest absolute Gasteiger partial charge is 0.416 e. The number of carbonyl (C=O) groups is 1. The van der Waals surface area contributed by atoms with Crippen molar-refractivity contribution in [2.75, 3.05) is 19.5 Å². The molecule has 0 saturated heterocycles. The zero-order valence-corrected chi connectivity index (χ0v) is 14.8. The van der Waals surface area contributed by atoms with Crippen LogP contribution in [0.25, 0.3) is 11.3 Å². The molecule has 0 radical (unpaired) electrons. The molecule has 146 valence electrons. The monoisotopic (exact) mass is 392 g/mol. The number of halogens is 3. The Hall–Kier alpha value is -3.49. The third-order valence-corrected chi connectivity index (χ3v) is 3.86. The summed E-state index contributed by atoms with van der Waals surface area (Å²) in [5.41, 5.74) is -0.363. The molecule has 0 atom stereocenters. The maximum atomic E-state index is 12.8. The van der Waals surface area contributed by atoms with Crippen molar-refractivity contribution in [1.82, 2.24) is 5.16 Å². The van der Waals surface area contributed by atoms with Crippen LogP contribution in [0.1, 0.15) is 16.1 Å². The lowest BCUT2D eigenvalue weighted by Crippen LogP contribution is -2.13. The SMILES string of the molecule is COc1ccc(-c2cc(C(=O)Nc3cccc(C(F)(F)F)c3)no2)cc1OC. The minimum absolute atomic E-state index is 0.00417. The van der Waals surface area contributed by atoms with E-state index in [1.54, 1.807) is 18.2 Å². The van der Waals surface area contributed by atoms with E-state index in [1.165, 1.54) is 32.4 Å². The highest BCUT2D eigenvalue weighted by molar-refractivity contribution is 6.03. The summed E-state index contributed by atoms with van der Waals surface area (Å²) in [6.07, 6.45) is -4.50. The summed E-state index contributed by atoms with van der Waals surface area (Å²) in [4.78, 5) is 12.3. The van der Waals surface area contributed by atoms with Gasteiger partial charge in [0.05, 0.1) is 19.8 Å². The first-order valence-corrected chi connectivity index (χ1v) is 7.99. The average molecular weight is 392 g/mol. The molecule has 0 aliphatic rings. The Bertz CT molecular complexity index is 999. The van der Waals surface area contributed by atoms with Crippen molar-refractivity contribution in [2.24, 2.45) is 0 Å². The summed E-state index contributed by atoms with van der Waals surface area (Å²) in [7, 11) is 2.98. The molecule has 3 rings (SSSR count). The quantitative estimate of drug-likeness (QED) is 0.685. The van der Waals surface area contributed by atoms with E-state index in [9.17, 15) is 18.0 Å². The fraction of sp³-hybridized carbons (Fsp3) is 0.158. The minimum Gasteiger partial charge on any atom is -0.493 e. The Morgan fingerprint density at radius 3 is 2.46 bits per heavy atom. The zero-order chi connectivity index (χ0) is 20.3. The first kappa shape index (κ1) is 19.3. The Morgan fingerprint density at radius 2 is 1.79 bits per heavy atom. The van der Waals surface area contributed by atoms with Crippen LogP contribution in [-0.4, -0.2) is 25.3 Å². The van der Waals surface area contributed by atoms with Crippen LogP contribution in [0.3, 0.4) is 0 Å². The van der Waals surface area contributed by atoms with Crippen LogP contribution in [0.5, 0.6) is 11.5 Å². The topological polar surface area (TPSA) is 73.6 Å². The van der Waals surface area contributed by atoms with Gasteiger partial charge in [0.1, 0.15) is 0 Å². The number of nitrogens with one attached hydrogen (secondary N) is 1. The number of methoxy groups -OCH3 is 2. The lowest BCUT2D eigenvalue weighted by molar-refractivity contribution is -0.137. The number of hydrogen-bond acceptors (Lipinski definition) is 5. The predicted octanol–water partition coefficient (Wildman–Crippen LogP) is 4.63. The molecular weight excluding hydrogens is 377 g/mol. The van der Waals surface area contributed by atoms with Gasteiger partial charge in [0.25, 0.3) is 5.91 Å². The van der Waals surface area contributed by atoms with Crippen LogP contribution in [0.15, 0.2) is 53.1 Å². The molecule has 0 bridgehead atoms. The van der Waals surface area contributed by atoms with Gasteiger partial charge < -0.3 is 19.3 Å². The van der Waals surface area contributed by atoms with Gasteiger partial charge in [0.15, 0.2) is 23.0 Å². The number of anilines is 1. The highest BCUT2D eigenvalue weighted by atomic mass is 19.4. The number of ether oxygens (including phenoxy) is 2. The molecule has 1 aromatic heterocycles. The van der Waals surface area contributed by atoms with Gasteiger partial charge in [-0.15, -0.1) is 0 Å². The maximum absolute atomic E-state index is 12.8. The van der Waals surface area contributed by atoms with Crippen LogP contribution < -0.4 is 14.8 Å². The standard InChI is InChI=1S/C19H15F3N2O4/c1-26-15-7-6-11(8-17(15)27-2)16-10-14(24-28-16)18(25)23-13-5-3-4-12(9-13)19(20,21)22/h3-10H,1-2H3,(H,23,25). The fourth-order valence-corrected chi connectivity index (χ4v) is 2.48. The van der Waals surface area contributed by atoms with E-state index in [0.29, 0.717) is 17.1 Å². The molecule has 6 nitrogen and oxygen atoms in total. The van der Waals surface area contributed by atoms with Crippen molar-refractivity contribution in [3.63, 3.8) is 0 Å². The van der Waals surface area contributed by atoms with E-state index >= 15 is 0 Å². The summed E-state index contributed by atoms with van der Waals surface area (Å²) >= 11 is 0. The predicted molar refractivity (Wildman–Crippen MR) is 94.4 cm³/mol. The Balaban J connectivity index is 1.80. The van der Waals surface area contributed by atoms with E-state index in [-0.39, 0.29) is 17.1 Å². The Morgan fingerprint density at radius 1 is 1.04 bits per heavy atom. The number of amides is 1. The van der Waals surface area contributed by atoms with Crippen molar-refractivity contribution in [2.45, 2.75) is 6.18 Å². The van der Waals surface area contributed by atoms with Crippen LogP contribution in [0, 0.1) is 0 Å². The second-order valence-electron chi connectivity index (χ2n) is 5.68. The van der Waals surface area contributed by atoms with E-state index < -0.39 is 17.6 Å². The first-order valence-electron chi connectivity index (χ1n) is 7.99. The molecule has 0 aliphatic heterocycles. The van der Waals surface area contributed by atoms with Crippen LogP contribution in [-0.2, 0) is 6.18 Å². The van der Waals surface area contributed by atoms with E-state index in [2.05, 4.69) is 10.5 Å². The first-order chi connectivity index (χ1) is 13.3. The number of hydrogen-bond donors (Lipinski definition) is 1. The van der Waals surface area contributed by atoms with E-state index in [0.717, 1.165) is 12.1 Å². The number of rotatable bonds is 5. The number of nitrogens with zero attached hydrogens (tertiary/aromatic N) is 1. The average Bonchev–Trinajstić information content (AvgIpc) is 3.17. The Labute approximate surface area is 157 Å². The van der Waals surface area contributed by atoms with Gasteiger partial charge in [-0.05, 0) is 36.4 Å². The Kier molecular flexibility index (Phi) is 5.25. The van der Waals surface area contributed by atoms with Gasteiger partial charge in [0, 0.05) is 17.3 Å². The lowest BCUT2D eigenvalue weighted by atomic mass is 10.1. The summed E-state index contributed by atoms with van der Waals surface area (Å²) in [5, 5.41) is 6.05. The largest absolute Gasteiger partial charge is 0.493 e. The van der Waals surface area contributed by atoms with Crippen LogP contribution in [0.4, 0.5) is 18.9 Å². The third kappa shape index (κ3) is 4.08. The zero-order valence-electron chi connectivity index (χ0n) is 14.8. The molecule has 0 fully saturated rings. The molecule has 0 aliphatic carbocycles. The van der Waals surface area contributed by atoms with Crippen LogP contribution >= 0.6 is 0 Å². The molecule has 0 unspecified atom stereocenters. The van der Waals surface area contributed by atoms with Crippen molar-refractivity contribution >= 4 is 11.6 Å². The highest BCUT2D eigenvalue weighted by Gasteiger charge is 2.30. The van der Waals surface area contributed by atoms with Crippen molar-refractivity contribution in [3.05, 3.63) is 59.8 Å². The number of aromatic nitrogens is 1. The van der Waals surface area contributed by atoms with Crippen molar-refractivity contribution in [1.29, 1.82) is 0 Å². The normalized spacial score (nSPS) is 11.2. The van der Waals surface area contributed by atoms with Gasteiger partial charge >= 0.3 is 6.18 Å². The second-order valence-corrected chi connectivity index (χ2v) is 5.68. The third-order valence-electron chi connectivity index (χ3n) is 3.86. The minimum atomic E-state index is -4.50. The molecular formula is C19H15F3N2O4. The van der Waals surface area contributed by atoms with Gasteiger partial charge in [-0.25, -0.2) is 0 Å². The summed E-state index contributed by atoms with van der Waals surface area (Å²) in [5.74, 6) is 0.574. The number of benzene rings is 2. The summed E-state index contributed by atoms with van der Waals surface area (Å²) < 4.78 is 53.9. The second kappa shape index (κ2) is 7.63. The van der Waals surface area contributed by atoms with Gasteiger partial charge in [0.2, 0.25) is 0 Å². The molecule has 2 aromatic carbocycles. The molecule has 28 heavy (non-hydrogen) atoms. The maximum Gasteiger partial charge on any atom is 0.416 e. The molecule has 1 heterocycles. The summed E-state index contributed by atoms with van der Waals surface area (Å²) in [6, 6.07) is 10.7.